The topological polar surface area (TPSA) is 61.7 Å². The third-order valence-electron chi connectivity index (χ3n) is 2.59. The van der Waals surface area contributed by atoms with E-state index in [4.69, 9.17) is 9.84 Å². The number of nitrogens with one attached hydrogen (secondary N) is 1. The lowest BCUT2D eigenvalue weighted by atomic mass is 9.94. The molecule has 0 radical (unpaired) electrons. The van der Waals surface area contributed by atoms with Gasteiger partial charge in [0.1, 0.15) is 0 Å². The van der Waals surface area contributed by atoms with Gasteiger partial charge < -0.3 is 20.3 Å². The molecule has 3 N–H and O–H groups in total. The van der Waals surface area contributed by atoms with Crippen molar-refractivity contribution in [2.75, 3.05) is 26.3 Å². The summed E-state index contributed by atoms with van der Waals surface area (Å²) in [4.78, 5) is 0. The number of hydrogen-bond donors (Lipinski definition) is 3. The Hall–Kier alpha value is -0.370. The molecule has 0 aromatic carbocycles. The molecule has 1 fully saturated rings. The molecule has 0 saturated carbocycles. The van der Waals surface area contributed by atoms with Crippen LogP contribution in [0.1, 0.15) is 12.8 Å². The van der Waals surface area contributed by atoms with Crippen molar-refractivity contribution < 1.29 is 28.1 Å². The van der Waals surface area contributed by atoms with Crippen LogP contribution in [0.25, 0.3) is 0 Å². The zero-order valence-electron chi connectivity index (χ0n) is 8.76. The van der Waals surface area contributed by atoms with Gasteiger partial charge in [0, 0.05) is 39.1 Å². The monoisotopic (exact) mass is 243 g/mol. The van der Waals surface area contributed by atoms with Crippen LogP contribution >= 0.6 is 0 Å². The van der Waals surface area contributed by atoms with Crippen molar-refractivity contribution in [3.63, 3.8) is 0 Å². The summed E-state index contributed by atoms with van der Waals surface area (Å²) in [5, 5.41) is 21.0. The van der Waals surface area contributed by atoms with E-state index in [-0.39, 0.29) is 6.54 Å². The summed E-state index contributed by atoms with van der Waals surface area (Å²) in [5.41, 5.74) is -1.02. The molecule has 16 heavy (non-hydrogen) atoms. The predicted octanol–water partition coefficient (Wildman–Crippen LogP) is 0.0407. The van der Waals surface area contributed by atoms with Gasteiger partial charge in [0.15, 0.2) is 6.10 Å². The van der Waals surface area contributed by atoms with E-state index in [9.17, 15) is 18.3 Å². The van der Waals surface area contributed by atoms with E-state index < -0.39 is 24.4 Å². The van der Waals surface area contributed by atoms with Gasteiger partial charge in [-0.05, 0) is 0 Å². The van der Waals surface area contributed by atoms with E-state index in [2.05, 4.69) is 5.32 Å². The highest BCUT2D eigenvalue weighted by molar-refractivity contribution is 4.84. The molecule has 7 heteroatoms. The van der Waals surface area contributed by atoms with Gasteiger partial charge in [-0.3, -0.25) is 0 Å². The Morgan fingerprint density at radius 2 is 1.88 bits per heavy atom. The van der Waals surface area contributed by atoms with Crippen molar-refractivity contribution in [1.82, 2.24) is 5.32 Å². The predicted molar refractivity (Wildman–Crippen MR) is 49.9 cm³/mol. The molecule has 1 unspecified atom stereocenters. The first kappa shape index (κ1) is 13.7. The van der Waals surface area contributed by atoms with E-state index in [0.29, 0.717) is 26.1 Å². The second kappa shape index (κ2) is 5.31. The molecule has 1 aliphatic heterocycles. The van der Waals surface area contributed by atoms with Crippen molar-refractivity contribution in [2.45, 2.75) is 30.7 Å². The lowest BCUT2D eigenvalue weighted by Gasteiger charge is -2.32. The van der Waals surface area contributed by atoms with Gasteiger partial charge in [-0.15, -0.1) is 0 Å². The largest absolute Gasteiger partial charge is 0.415 e. The second-order valence-electron chi connectivity index (χ2n) is 4.03. The maximum atomic E-state index is 11.9. The van der Waals surface area contributed by atoms with Gasteiger partial charge >= 0.3 is 6.18 Å². The average molecular weight is 243 g/mol. The zero-order chi connectivity index (χ0) is 12.2. The molecule has 0 spiro atoms. The maximum Gasteiger partial charge on any atom is 0.415 e. The zero-order valence-corrected chi connectivity index (χ0v) is 8.76. The molecule has 1 aliphatic rings. The molecule has 4 nitrogen and oxygen atoms in total. The van der Waals surface area contributed by atoms with E-state index in [1.807, 2.05) is 0 Å². The number of rotatable bonds is 4. The fourth-order valence-corrected chi connectivity index (χ4v) is 1.49. The highest BCUT2D eigenvalue weighted by Crippen LogP contribution is 2.21. The van der Waals surface area contributed by atoms with E-state index in [0.717, 1.165) is 0 Å². The van der Waals surface area contributed by atoms with E-state index in [1.165, 1.54) is 0 Å². The van der Waals surface area contributed by atoms with Gasteiger partial charge in [-0.25, -0.2) is 0 Å². The number of aliphatic hydroxyl groups is 2. The molecule has 1 heterocycles. The molecule has 1 saturated heterocycles. The van der Waals surface area contributed by atoms with E-state index >= 15 is 0 Å². The Bertz CT molecular complexity index is 217. The van der Waals surface area contributed by atoms with Crippen LogP contribution in [-0.2, 0) is 4.74 Å². The molecule has 0 aromatic rings. The number of aliphatic hydroxyl groups excluding tert-OH is 1. The Morgan fingerprint density at radius 3 is 2.38 bits per heavy atom. The van der Waals surface area contributed by atoms with Gasteiger partial charge in [0.2, 0.25) is 0 Å². The van der Waals surface area contributed by atoms with Crippen LogP contribution < -0.4 is 5.32 Å². The molecular weight excluding hydrogens is 227 g/mol. The molecule has 0 amide bonds. The van der Waals surface area contributed by atoms with Crippen molar-refractivity contribution >= 4 is 0 Å². The third-order valence-corrected chi connectivity index (χ3v) is 2.59. The highest BCUT2D eigenvalue weighted by atomic mass is 19.4. The van der Waals surface area contributed by atoms with Crippen LogP contribution in [0, 0.1) is 0 Å². The number of hydrogen-bond acceptors (Lipinski definition) is 4. The van der Waals surface area contributed by atoms with Crippen molar-refractivity contribution in [3.8, 4) is 0 Å². The second-order valence-corrected chi connectivity index (χ2v) is 4.03. The summed E-state index contributed by atoms with van der Waals surface area (Å²) >= 11 is 0. The molecule has 96 valence electrons. The molecule has 0 aliphatic carbocycles. The molecule has 1 atom stereocenters. The van der Waals surface area contributed by atoms with Crippen LogP contribution in [-0.4, -0.2) is 54.4 Å². The summed E-state index contributed by atoms with van der Waals surface area (Å²) in [6.07, 6.45) is -6.23. The van der Waals surface area contributed by atoms with Crippen LogP contribution in [0.4, 0.5) is 13.2 Å². The Morgan fingerprint density at radius 1 is 1.31 bits per heavy atom. The smallest absolute Gasteiger partial charge is 0.388 e. The fraction of sp³-hybridized carbons (Fsp3) is 1.00. The number of halogens is 3. The molecular formula is C9H16F3NO3. The van der Waals surface area contributed by atoms with E-state index in [1.54, 1.807) is 0 Å². The van der Waals surface area contributed by atoms with Crippen LogP contribution in [0.5, 0.6) is 0 Å². The van der Waals surface area contributed by atoms with Gasteiger partial charge in [-0.1, -0.05) is 0 Å². The Kier molecular flexibility index (Phi) is 4.54. The highest BCUT2D eigenvalue weighted by Gasteiger charge is 2.38. The summed E-state index contributed by atoms with van der Waals surface area (Å²) in [7, 11) is 0. The number of ether oxygens (including phenoxy) is 1. The van der Waals surface area contributed by atoms with Gasteiger partial charge in [0.25, 0.3) is 0 Å². The fourth-order valence-electron chi connectivity index (χ4n) is 1.49. The standard InChI is InChI=1S/C9H16F3NO3/c10-9(11,12)7(14)5-13-6-8(15)1-3-16-4-2-8/h7,13-15H,1-6H2. The first-order valence-corrected chi connectivity index (χ1v) is 5.09. The van der Waals surface area contributed by atoms with Crippen molar-refractivity contribution in [3.05, 3.63) is 0 Å². The molecule has 1 rings (SSSR count). The minimum Gasteiger partial charge on any atom is -0.388 e. The lowest BCUT2D eigenvalue weighted by Crippen LogP contribution is -2.48. The van der Waals surface area contributed by atoms with Gasteiger partial charge in [-0.2, -0.15) is 13.2 Å². The molecule has 0 bridgehead atoms. The summed E-state index contributed by atoms with van der Waals surface area (Å²) < 4.78 is 40.8. The minimum atomic E-state index is -4.62. The minimum absolute atomic E-state index is 0.0312. The van der Waals surface area contributed by atoms with Crippen molar-refractivity contribution in [1.29, 1.82) is 0 Å². The number of alkyl halides is 3. The SMILES string of the molecule is OC(CNCC1(O)CCOCC1)C(F)(F)F. The third kappa shape index (κ3) is 4.25. The normalized spacial score (nSPS) is 23.1. The van der Waals surface area contributed by atoms with Crippen LogP contribution in [0.2, 0.25) is 0 Å². The lowest BCUT2D eigenvalue weighted by molar-refractivity contribution is -0.202. The Labute approximate surface area is 91.4 Å². The maximum absolute atomic E-state index is 11.9. The van der Waals surface area contributed by atoms with Crippen molar-refractivity contribution in [2.24, 2.45) is 0 Å². The average Bonchev–Trinajstić information content (AvgIpc) is 2.17. The molecule has 0 aromatic heterocycles. The quantitative estimate of drug-likeness (QED) is 0.652. The first-order chi connectivity index (χ1) is 7.33. The summed E-state index contributed by atoms with van der Waals surface area (Å²) in [5.74, 6) is 0. The Balaban J connectivity index is 2.24. The van der Waals surface area contributed by atoms with Gasteiger partial charge in [0.05, 0.1) is 5.60 Å². The van der Waals surface area contributed by atoms with Crippen LogP contribution in [0.3, 0.4) is 0 Å². The summed E-state index contributed by atoms with van der Waals surface area (Å²) in [6, 6.07) is 0. The van der Waals surface area contributed by atoms with Crippen LogP contribution in [0.15, 0.2) is 0 Å². The summed E-state index contributed by atoms with van der Waals surface area (Å²) in [6.45, 7) is 0.232. The first-order valence-electron chi connectivity index (χ1n) is 5.09.